The molecule has 1 atom stereocenters. The van der Waals surface area contributed by atoms with E-state index in [4.69, 9.17) is 0 Å². The van der Waals surface area contributed by atoms with E-state index >= 15 is 0 Å². The molecule has 0 saturated carbocycles. The molecule has 0 aromatic carbocycles. The number of allylic oxidation sites excluding steroid dienone is 3. The highest BCUT2D eigenvalue weighted by molar-refractivity contribution is 5.57. The third-order valence-electron chi connectivity index (χ3n) is 2.90. The first-order valence-corrected chi connectivity index (χ1v) is 4.53. The van der Waals surface area contributed by atoms with Crippen molar-refractivity contribution in [2.75, 3.05) is 0 Å². The third kappa shape index (κ3) is 1.24. The summed E-state index contributed by atoms with van der Waals surface area (Å²) in [6, 6.07) is 0. The van der Waals surface area contributed by atoms with Crippen molar-refractivity contribution in [2.24, 2.45) is 10.4 Å². The molecular weight excluding hydrogens is 146 g/mol. The lowest BCUT2D eigenvalue weighted by Gasteiger charge is -2.26. The fourth-order valence-corrected chi connectivity index (χ4v) is 1.56. The van der Waals surface area contributed by atoms with Gasteiger partial charge in [0.15, 0.2) is 0 Å². The van der Waals surface area contributed by atoms with Gasteiger partial charge < -0.3 is 0 Å². The van der Waals surface area contributed by atoms with Crippen molar-refractivity contribution in [1.82, 2.24) is 0 Å². The van der Waals surface area contributed by atoms with Crippen molar-refractivity contribution >= 4 is 6.21 Å². The third-order valence-corrected chi connectivity index (χ3v) is 2.90. The highest BCUT2D eigenvalue weighted by Gasteiger charge is 2.31. The van der Waals surface area contributed by atoms with E-state index in [0.29, 0.717) is 0 Å². The Morgan fingerprint density at radius 1 is 1.50 bits per heavy atom. The smallest absolute Gasteiger partial charge is 0.0498 e. The van der Waals surface area contributed by atoms with Crippen molar-refractivity contribution in [3.05, 3.63) is 23.4 Å². The predicted octanol–water partition coefficient (Wildman–Crippen LogP) is 3.34. The molecular formula is C11H17N. The van der Waals surface area contributed by atoms with Gasteiger partial charge in [0.2, 0.25) is 0 Å². The van der Waals surface area contributed by atoms with E-state index in [1.165, 1.54) is 11.3 Å². The highest BCUT2D eigenvalue weighted by Crippen LogP contribution is 2.42. The molecule has 0 saturated heterocycles. The van der Waals surface area contributed by atoms with Gasteiger partial charge in [0, 0.05) is 17.3 Å². The molecule has 0 aromatic heterocycles. The minimum Gasteiger partial charge on any atom is -0.265 e. The monoisotopic (exact) mass is 163 g/mol. The average molecular weight is 163 g/mol. The van der Waals surface area contributed by atoms with Crippen LogP contribution in [0.2, 0.25) is 0 Å². The molecule has 1 nitrogen and oxygen atoms in total. The quantitative estimate of drug-likeness (QED) is 0.554. The summed E-state index contributed by atoms with van der Waals surface area (Å²) < 4.78 is 0. The molecule has 0 spiro atoms. The first-order valence-electron chi connectivity index (χ1n) is 4.53. The Morgan fingerprint density at radius 3 is 2.67 bits per heavy atom. The van der Waals surface area contributed by atoms with Crippen molar-refractivity contribution in [1.29, 1.82) is 0 Å². The van der Waals surface area contributed by atoms with Crippen molar-refractivity contribution in [3.63, 3.8) is 0 Å². The zero-order valence-electron chi connectivity index (χ0n) is 8.39. The molecule has 0 amide bonds. The molecule has 1 aliphatic carbocycles. The van der Waals surface area contributed by atoms with Crippen molar-refractivity contribution in [3.8, 4) is 0 Å². The zero-order valence-corrected chi connectivity index (χ0v) is 8.39. The maximum absolute atomic E-state index is 4.38. The molecule has 0 radical (unpaired) electrons. The first kappa shape index (κ1) is 9.24. The van der Waals surface area contributed by atoms with E-state index in [1.807, 2.05) is 13.1 Å². The van der Waals surface area contributed by atoms with E-state index in [0.717, 1.165) is 6.42 Å². The summed E-state index contributed by atoms with van der Waals surface area (Å²) in [5.74, 6) is 0. The summed E-state index contributed by atoms with van der Waals surface area (Å²) in [7, 11) is 0. The summed E-state index contributed by atoms with van der Waals surface area (Å²) in [5, 5.41) is 0. The maximum Gasteiger partial charge on any atom is 0.0498 e. The molecule has 1 heteroatoms. The van der Waals surface area contributed by atoms with Crippen LogP contribution in [0.3, 0.4) is 0 Å². The number of hydrogen-bond donors (Lipinski definition) is 0. The Kier molecular flexibility index (Phi) is 2.51. The Balaban J connectivity index is 2.96. The molecule has 1 aliphatic rings. The second-order valence-electron chi connectivity index (χ2n) is 3.47. The van der Waals surface area contributed by atoms with E-state index < -0.39 is 0 Å². The molecule has 66 valence electrons. The van der Waals surface area contributed by atoms with Gasteiger partial charge in [-0.25, -0.2) is 0 Å². The van der Waals surface area contributed by atoms with E-state index in [9.17, 15) is 0 Å². The summed E-state index contributed by atoms with van der Waals surface area (Å²) in [6.45, 7) is 8.61. The first-order chi connectivity index (χ1) is 5.65. The van der Waals surface area contributed by atoms with Gasteiger partial charge in [-0.15, -0.1) is 0 Å². The van der Waals surface area contributed by atoms with Gasteiger partial charge in [0.05, 0.1) is 0 Å². The molecule has 0 bridgehead atoms. The van der Waals surface area contributed by atoms with Gasteiger partial charge in [0.25, 0.3) is 0 Å². The molecule has 1 rings (SSSR count). The van der Waals surface area contributed by atoms with Gasteiger partial charge in [-0.1, -0.05) is 25.5 Å². The molecule has 0 aliphatic heterocycles. The van der Waals surface area contributed by atoms with Crippen LogP contribution < -0.4 is 0 Å². The Bertz CT molecular complexity index is 258. The SMILES string of the molecule is CC=NC1=CC=C(C)C1(C)CC. The normalized spacial score (nSPS) is 29.3. The van der Waals surface area contributed by atoms with Crippen LogP contribution in [-0.2, 0) is 0 Å². The second kappa shape index (κ2) is 3.26. The number of hydrogen-bond acceptors (Lipinski definition) is 1. The topological polar surface area (TPSA) is 12.4 Å². The number of rotatable bonds is 2. The van der Waals surface area contributed by atoms with E-state index in [-0.39, 0.29) is 5.41 Å². The molecule has 12 heavy (non-hydrogen) atoms. The lowest BCUT2D eigenvalue weighted by Crippen LogP contribution is -2.15. The van der Waals surface area contributed by atoms with Crippen molar-refractivity contribution < 1.29 is 0 Å². The lowest BCUT2D eigenvalue weighted by atomic mass is 9.81. The van der Waals surface area contributed by atoms with Crippen LogP contribution >= 0.6 is 0 Å². The highest BCUT2D eigenvalue weighted by atomic mass is 14.8. The van der Waals surface area contributed by atoms with Crippen LogP contribution in [-0.4, -0.2) is 6.21 Å². The molecule has 0 aromatic rings. The predicted molar refractivity (Wildman–Crippen MR) is 54.4 cm³/mol. The minimum absolute atomic E-state index is 0.187. The molecule has 1 unspecified atom stereocenters. The Morgan fingerprint density at radius 2 is 2.17 bits per heavy atom. The fourth-order valence-electron chi connectivity index (χ4n) is 1.56. The summed E-state index contributed by atoms with van der Waals surface area (Å²) in [5.41, 5.74) is 2.81. The van der Waals surface area contributed by atoms with E-state index in [1.54, 1.807) is 0 Å². The number of aliphatic imine (C=N–C) groups is 1. The Labute approximate surface area is 74.9 Å². The second-order valence-corrected chi connectivity index (χ2v) is 3.47. The zero-order chi connectivity index (χ0) is 9.19. The van der Waals surface area contributed by atoms with Crippen LogP contribution in [0.5, 0.6) is 0 Å². The van der Waals surface area contributed by atoms with Gasteiger partial charge >= 0.3 is 0 Å². The summed E-state index contributed by atoms with van der Waals surface area (Å²) in [6.07, 6.45) is 7.29. The minimum atomic E-state index is 0.187. The van der Waals surface area contributed by atoms with Crippen LogP contribution in [0, 0.1) is 5.41 Å². The summed E-state index contributed by atoms with van der Waals surface area (Å²) in [4.78, 5) is 4.38. The van der Waals surface area contributed by atoms with Gasteiger partial charge in [0.1, 0.15) is 0 Å². The van der Waals surface area contributed by atoms with Crippen LogP contribution in [0.25, 0.3) is 0 Å². The number of nitrogens with zero attached hydrogens (tertiary/aromatic N) is 1. The fraction of sp³-hybridized carbons (Fsp3) is 0.545. The standard InChI is InChI=1S/C11H17N/c1-5-11(4)9(3)7-8-10(11)12-6-2/h6-8H,5H2,1-4H3. The van der Waals surface area contributed by atoms with Crippen LogP contribution in [0.4, 0.5) is 0 Å². The van der Waals surface area contributed by atoms with Crippen LogP contribution in [0.1, 0.15) is 34.1 Å². The van der Waals surface area contributed by atoms with Gasteiger partial charge in [-0.3, -0.25) is 4.99 Å². The largest absolute Gasteiger partial charge is 0.265 e. The summed E-state index contributed by atoms with van der Waals surface area (Å²) >= 11 is 0. The Hall–Kier alpha value is -0.850. The molecule has 0 fully saturated rings. The van der Waals surface area contributed by atoms with Crippen molar-refractivity contribution in [2.45, 2.75) is 34.1 Å². The van der Waals surface area contributed by atoms with Gasteiger partial charge in [-0.05, 0) is 26.3 Å². The van der Waals surface area contributed by atoms with Gasteiger partial charge in [-0.2, -0.15) is 0 Å². The van der Waals surface area contributed by atoms with Crippen LogP contribution in [0.15, 0.2) is 28.4 Å². The average Bonchev–Trinajstić information content (AvgIpc) is 2.34. The maximum atomic E-state index is 4.38. The van der Waals surface area contributed by atoms with E-state index in [2.05, 4.69) is 37.9 Å². The molecule has 0 heterocycles. The lowest BCUT2D eigenvalue weighted by molar-refractivity contribution is 0.466. The molecule has 0 N–H and O–H groups in total.